The number of unbranched alkanes of at least 4 members (excludes halogenated alkanes) is 1. The maximum Gasteiger partial charge on any atom is 0.316 e. The fourth-order valence-corrected chi connectivity index (χ4v) is 11.3. The van der Waals surface area contributed by atoms with Gasteiger partial charge in [0.25, 0.3) is 5.91 Å². The SMILES string of the molecule is COc1cc(OCC(=O)N(C)CCCCc2cccc(C3(C(=O)O[C@H]4CN5CCC4CC5)CCCCC3)c2)c(Cl)cc1CNC[C@@H](O[Si](C)(C)C(C)(C)C)c1ccc(O)c2[nH]c(=O)ccc12. The van der Waals surface area contributed by atoms with Crippen LogP contribution in [0.1, 0.15) is 107 Å². The van der Waals surface area contributed by atoms with E-state index >= 15 is 0 Å². The van der Waals surface area contributed by atoms with E-state index in [-0.39, 0.29) is 40.9 Å². The number of aryl methyl sites for hydroxylation is 1. The molecule has 4 aromatic rings. The summed E-state index contributed by atoms with van der Waals surface area (Å²) in [5.41, 5.74) is 3.46. The summed E-state index contributed by atoms with van der Waals surface area (Å²) < 4.78 is 25.1. The highest BCUT2D eigenvalue weighted by atomic mass is 35.5. The lowest BCUT2D eigenvalue weighted by Gasteiger charge is -2.45. The van der Waals surface area contributed by atoms with E-state index in [0.29, 0.717) is 53.0 Å². The summed E-state index contributed by atoms with van der Waals surface area (Å²) in [5.74, 6) is 1.21. The fourth-order valence-electron chi connectivity index (χ4n) is 9.78. The van der Waals surface area contributed by atoms with Crippen LogP contribution in [0.4, 0.5) is 0 Å². The molecule has 0 radical (unpaired) electrons. The minimum absolute atomic E-state index is 0.00250. The van der Waals surface area contributed by atoms with Gasteiger partial charge in [-0.3, -0.25) is 19.3 Å². The molecular weight excluding hydrogens is 872 g/mol. The lowest BCUT2D eigenvalue weighted by atomic mass is 9.69. The number of aromatic nitrogens is 1. The molecule has 1 aromatic heterocycles. The van der Waals surface area contributed by atoms with Gasteiger partial charge in [-0.1, -0.05) is 82.0 Å². The number of carbonyl (C=O) groups excluding carboxylic acids is 2. The van der Waals surface area contributed by atoms with Gasteiger partial charge in [0.15, 0.2) is 14.9 Å². The standard InChI is InChI=1S/C52H71ClN4O8Si/c1-51(2,3)66(6,7)65-45(39-17-19-42(58)49-40(39)18-20-47(59)55-49)32-54-31-37-29-41(53)44(30-43(37)62-5)63-34-48(60)56(4)25-12-9-14-35-15-13-16-38(28-35)52(23-10-8-11-24-52)50(61)64-46-33-57-26-21-36(46)22-27-57/h13,15-20,28-30,36,45-46,54,58H,8-12,14,21-27,31-34H2,1-7H3,(H,55,59)/t45-,46+/m1/s1. The molecule has 1 aliphatic carbocycles. The summed E-state index contributed by atoms with van der Waals surface area (Å²) in [6.07, 6.45) is 9.34. The van der Waals surface area contributed by atoms with Crippen molar-refractivity contribution in [2.75, 3.05) is 53.5 Å². The second kappa shape index (κ2) is 21.3. The van der Waals surface area contributed by atoms with Crippen molar-refractivity contribution >= 4 is 42.7 Å². The molecule has 3 aliphatic heterocycles. The second-order valence-corrected chi connectivity index (χ2v) is 25.5. The van der Waals surface area contributed by atoms with Crippen LogP contribution in [0.2, 0.25) is 23.2 Å². The molecule has 14 heteroatoms. The highest BCUT2D eigenvalue weighted by Gasteiger charge is 2.46. The first-order valence-corrected chi connectivity index (χ1v) is 27.3. The molecule has 4 aliphatic rings. The molecule has 358 valence electrons. The molecule has 0 unspecified atom stereocenters. The number of methoxy groups -OCH3 is 1. The molecule has 4 heterocycles. The molecule has 4 fully saturated rings. The Hall–Kier alpha value is -4.40. The van der Waals surface area contributed by atoms with Gasteiger partial charge in [-0.05, 0) is 117 Å². The molecule has 3 N–H and O–H groups in total. The smallest absolute Gasteiger partial charge is 0.316 e. The number of H-pyrrole nitrogens is 1. The van der Waals surface area contributed by atoms with Gasteiger partial charge >= 0.3 is 5.97 Å². The number of nitrogens with one attached hydrogen (secondary N) is 2. The van der Waals surface area contributed by atoms with Crippen molar-refractivity contribution in [3.05, 3.63) is 98.3 Å². The number of hydrogen-bond acceptors (Lipinski definition) is 10. The van der Waals surface area contributed by atoms with Gasteiger partial charge in [0.05, 0.1) is 29.2 Å². The van der Waals surface area contributed by atoms with Crippen LogP contribution in [0.5, 0.6) is 17.2 Å². The van der Waals surface area contributed by atoms with Crippen LogP contribution in [-0.4, -0.2) is 99.7 Å². The molecule has 1 saturated carbocycles. The van der Waals surface area contributed by atoms with E-state index in [2.05, 4.69) is 73.3 Å². The first-order chi connectivity index (χ1) is 31.5. The number of benzene rings is 3. The van der Waals surface area contributed by atoms with Gasteiger partial charge in [0.1, 0.15) is 23.4 Å². The number of piperidine rings is 3. The topological polar surface area (TPSA) is 143 Å². The lowest BCUT2D eigenvalue weighted by molar-refractivity contribution is -0.167. The maximum atomic E-state index is 14.1. The Labute approximate surface area is 396 Å². The van der Waals surface area contributed by atoms with E-state index in [1.54, 1.807) is 43.3 Å². The third-order valence-electron chi connectivity index (χ3n) is 14.9. The predicted octanol–water partition coefficient (Wildman–Crippen LogP) is 9.45. The summed E-state index contributed by atoms with van der Waals surface area (Å²) in [5, 5.41) is 15.1. The summed E-state index contributed by atoms with van der Waals surface area (Å²) in [7, 11) is 1.10. The van der Waals surface area contributed by atoms with Crippen molar-refractivity contribution in [2.45, 2.75) is 127 Å². The lowest BCUT2D eigenvalue weighted by Crippen LogP contribution is -2.53. The van der Waals surface area contributed by atoms with Gasteiger partial charge in [-0.25, -0.2) is 0 Å². The summed E-state index contributed by atoms with van der Waals surface area (Å²) in [6.45, 7) is 15.3. The van der Waals surface area contributed by atoms with Crippen LogP contribution < -0.4 is 20.3 Å². The van der Waals surface area contributed by atoms with Crippen LogP contribution in [0.25, 0.3) is 10.9 Å². The van der Waals surface area contributed by atoms with Gasteiger partial charge in [-0.15, -0.1) is 0 Å². The first kappa shape index (κ1) is 49.5. The first-order valence-electron chi connectivity index (χ1n) is 24.0. The second-order valence-electron chi connectivity index (χ2n) is 20.4. The number of aromatic hydroxyl groups is 1. The van der Waals surface area contributed by atoms with Crippen molar-refractivity contribution in [1.29, 1.82) is 0 Å². The Balaban J connectivity index is 0.912. The van der Waals surface area contributed by atoms with E-state index in [1.165, 1.54) is 11.6 Å². The maximum absolute atomic E-state index is 14.1. The van der Waals surface area contributed by atoms with E-state index in [0.717, 1.165) is 101 Å². The average Bonchev–Trinajstić information content (AvgIpc) is 3.30. The molecule has 2 bridgehead atoms. The highest BCUT2D eigenvalue weighted by molar-refractivity contribution is 6.74. The molecule has 8 rings (SSSR count). The van der Waals surface area contributed by atoms with Crippen molar-refractivity contribution in [3.63, 3.8) is 0 Å². The zero-order valence-electron chi connectivity index (χ0n) is 40.1. The Kier molecular flexibility index (Phi) is 16.0. The van der Waals surface area contributed by atoms with Crippen molar-refractivity contribution in [2.24, 2.45) is 5.92 Å². The monoisotopic (exact) mass is 942 g/mol. The van der Waals surface area contributed by atoms with E-state index in [9.17, 15) is 19.5 Å². The fraction of sp³-hybridized carbons (Fsp3) is 0.558. The number of aromatic amines is 1. The number of carbonyl (C=O) groups is 2. The average molecular weight is 944 g/mol. The van der Waals surface area contributed by atoms with Crippen LogP contribution in [0.15, 0.2) is 65.5 Å². The zero-order valence-corrected chi connectivity index (χ0v) is 41.9. The molecular formula is C52H71ClN4O8Si. The van der Waals surface area contributed by atoms with Gasteiger partial charge in [0, 0.05) is 56.3 Å². The van der Waals surface area contributed by atoms with E-state index in [4.69, 9.17) is 30.2 Å². The van der Waals surface area contributed by atoms with Crippen molar-refractivity contribution in [3.8, 4) is 17.2 Å². The Bertz CT molecular complexity index is 2390. The third-order valence-corrected chi connectivity index (χ3v) is 19.7. The molecule has 2 atom stereocenters. The van der Waals surface area contributed by atoms with Crippen LogP contribution in [-0.2, 0) is 37.1 Å². The van der Waals surface area contributed by atoms with Crippen LogP contribution in [0.3, 0.4) is 0 Å². The zero-order chi connectivity index (χ0) is 47.2. The van der Waals surface area contributed by atoms with Gasteiger partial charge in [0.2, 0.25) is 5.56 Å². The molecule has 0 spiro atoms. The van der Waals surface area contributed by atoms with E-state index in [1.807, 2.05) is 6.07 Å². The quantitative estimate of drug-likeness (QED) is 0.0473. The number of phenolic OH excluding ortho intramolecular Hbond substituents is 1. The number of hydrogen-bond donors (Lipinski definition) is 3. The largest absolute Gasteiger partial charge is 0.506 e. The van der Waals surface area contributed by atoms with Crippen molar-refractivity contribution in [1.82, 2.24) is 20.1 Å². The van der Waals surface area contributed by atoms with Crippen LogP contribution in [0, 0.1) is 5.92 Å². The molecule has 3 saturated heterocycles. The Morgan fingerprint density at radius 3 is 2.47 bits per heavy atom. The van der Waals surface area contributed by atoms with Gasteiger partial charge in [-0.2, -0.15) is 0 Å². The van der Waals surface area contributed by atoms with E-state index < -0.39 is 19.8 Å². The number of amides is 1. The number of rotatable bonds is 19. The number of fused-ring (bicyclic) bond motifs is 4. The normalized spacial score (nSPS) is 19.9. The molecule has 3 aromatic carbocycles. The summed E-state index contributed by atoms with van der Waals surface area (Å²) >= 11 is 6.76. The number of phenols is 1. The number of likely N-dealkylation sites (N-methyl/N-ethyl adjacent to an activating group) is 1. The number of nitrogens with zero attached hydrogens (tertiary/aromatic N) is 2. The Morgan fingerprint density at radius 1 is 1.02 bits per heavy atom. The molecule has 1 amide bonds. The minimum atomic E-state index is -2.28. The number of ether oxygens (including phenoxy) is 3. The minimum Gasteiger partial charge on any atom is -0.506 e. The highest BCUT2D eigenvalue weighted by Crippen LogP contribution is 2.44. The Morgan fingerprint density at radius 2 is 1.77 bits per heavy atom. The number of pyridine rings is 1. The number of halogens is 1. The number of esters is 1. The third kappa shape index (κ3) is 11.5. The van der Waals surface area contributed by atoms with Crippen molar-refractivity contribution < 1.29 is 33.3 Å². The summed E-state index contributed by atoms with van der Waals surface area (Å²) in [6, 6.07) is 18.7. The van der Waals surface area contributed by atoms with Crippen LogP contribution >= 0.6 is 11.6 Å². The molecule has 66 heavy (non-hydrogen) atoms. The molecule has 12 nitrogen and oxygen atoms in total. The summed E-state index contributed by atoms with van der Waals surface area (Å²) in [4.78, 5) is 46.4. The predicted molar refractivity (Wildman–Crippen MR) is 263 cm³/mol. The van der Waals surface area contributed by atoms with Gasteiger partial charge < -0.3 is 38.9 Å².